The van der Waals surface area contributed by atoms with E-state index in [0.717, 1.165) is 28.5 Å². The van der Waals surface area contributed by atoms with E-state index in [1.165, 1.54) is 0 Å². The molecule has 6 heteroatoms. The normalized spacial score (nSPS) is 11.5. The quantitative estimate of drug-likeness (QED) is 0.497. The number of carbonyl (C=O) groups excluding carboxylic acids is 1. The summed E-state index contributed by atoms with van der Waals surface area (Å²) in [6.07, 6.45) is 2.52. The number of hydrogen-bond acceptors (Lipinski definition) is 3. The fourth-order valence-electron chi connectivity index (χ4n) is 3.87. The van der Waals surface area contributed by atoms with Crippen molar-refractivity contribution < 1.29 is 4.79 Å². The average molecular weight is 417 g/mol. The summed E-state index contributed by atoms with van der Waals surface area (Å²) in [6.45, 7) is 7.42. The average Bonchev–Trinajstić information content (AvgIpc) is 3.04. The van der Waals surface area contributed by atoms with Gasteiger partial charge in [-0.2, -0.15) is 0 Å². The second kappa shape index (κ2) is 8.76. The van der Waals surface area contributed by atoms with Crippen LogP contribution in [0.1, 0.15) is 31.4 Å². The molecule has 0 aliphatic heterocycles. The third-order valence-corrected chi connectivity index (χ3v) is 5.52. The van der Waals surface area contributed by atoms with E-state index in [1.54, 1.807) is 10.9 Å². The third-order valence-electron chi connectivity index (χ3n) is 5.52. The van der Waals surface area contributed by atoms with Crippen molar-refractivity contribution in [3.05, 3.63) is 76.3 Å². The summed E-state index contributed by atoms with van der Waals surface area (Å²) < 4.78 is 3.42. The molecule has 4 aromatic rings. The molecule has 0 atom stereocenters. The van der Waals surface area contributed by atoms with Gasteiger partial charge in [-0.25, -0.2) is 4.98 Å². The van der Waals surface area contributed by atoms with E-state index in [1.807, 2.05) is 60.0 Å². The summed E-state index contributed by atoms with van der Waals surface area (Å²) in [4.78, 5) is 30.8. The zero-order valence-corrected chi connectivity index (χ0v) is 18.3. The van der Waals surface area contributed by atoms with E-state index in [4.69, 9.17) is 0 Å². The van der Waals surface area contributed by atoms with Crippen LogP contribution < -0.4 is 10.9 Å². The van der Waals surface area contributed by atoms with Crippen LogP contribution in [0.5, 0.6) is 0 Å². The molecule has 0 radical (unpaired) electrons. The Labute approximate surface area is 181 Å². The fraction of sp³-hybridized carbons (Fsp3) is 0.320. The Bertz CT molecular complexity index is 1290. The number of aromatic nitrogens is 3. The van der Waals surface area contributed by atoms with Gasteiger partial charge in [0.2, 0.25) is 5.91 Å². The Balaban J connectivity index is 1.79. The minimum atomic E-state index is -0.141. The van der Waals surface area contributed by atoms with Gasteiger partial charge in [0.25, 0.3) is 5.56 Å². The van der Waals surface area contributed by atoms with E-state index in [-0.39, 0.29) is 18.0 Å². The van der Waals surface area contributed by atoms with Crippen LogP contribution in [0, 0.1) is 12.8 Å². The molecule has 6 nitrogen and oxygen atoms in total. The van der Waals surface area contributed by atoms with Gasteiger partial charge in [0.15, 0.2) is 0 Å². The van der Waals surface area contributed by atoms with Crippen molar-refractivity contribution in [1.82, 2.24) is 19.4 Å². The Morgan fingerprint density at radius 1 is 1.13 bits per heavy atom. The molecular formula is C25H28N4O2. The van der Waals surface area contributed by atoms with Crippen molar-refractivity contribution >= 4 is 27.8 Å². The number of carbonyl (C=O) groups is 1. The monoisotopic (exact) mass is 416 g/mol. The van der Waals surface area contributed by atoms with Crippen molar-refractivity contribution in [3.8, 4) is 0 Å². The number of nitrogens with zero attached hydrogens (tertiary/aromatic N) is 3. The van der Waals surface area contributed by atoms with E-state index in [9.17, 15) is 9.59 Å². The Morgan fingerprint density at radius 2 is 1.90 bits per heavy atom. The number of benzene rings is 2. The molecule has 0 aliphatic carbocycles. The van der Waals surface area contributed by atoms with Crippen LogP contribution >= 0.6 is 0 Å². The highest BCUT2D eigenvalue weighted by Gasteiger charge is 2.18. The highest BCUT2D eigenvalue weighted by molar-refractivity contribution is 6.06. The van der Waals surface area contributed by atoms with Gasteiger partial charge in [-0.1, -0.05) is 55.8 Å². The van der Waals surface area contributed by atoms with Crippen LogP contribution in [-0.4, -0.2) is 26.6 Å². The van der Waals surface area contributed by atoms with E-state index in [0.29, 0.717) is 30.0 Å². The second-order valence-corrected chi connectivity index (χ2v) is 8.50. The highest BCUT2D eigenvalue weighted by atomic mass is 16.2. The highest BCUT2D eigenvalue weighted by Crippen LogP contribution is 2.26. The van der Waals surface area contributed by atoms with Gasteiger partial charge in [0.1, 0.15) is 17.6 Å². The summed E-state index contributed by atoms with van der Waals surface area (Å²) in [7, 11) is 0. The van der Waals surface area contributed by atoms with Crippen LogP contribution in [0.15, 0.2) is 59.7 Å². The Kier molecular flexibility index (Phi) is 5.89. The summed E-state index contributed by atoms with van der Waals surface area (Å²) in [6, 6.07) is 15.8. The summed E-state index contributed by atoms with van der Waals surface area (Å²) >= 11 is 0. The number of amides is 1. The predicted octanol–water partition coefficient (Wildman–Crippen LogP) is 3.87. The predicted molar refractivity (Wildman–Crippen MR) is 124 cm³/mol. The number of aryl methyl sites for hydroxylation is 1. The standard InChI is InChI=1S/C25H28N4O2/c1-17(2)11-12-26-22(30)15-29-21-10-9-18(3)13-20(21)23-24(29)25(31)28(16-27-23)14-19-7-5-4-6-8-19/h4-10,13,16-17H,11-12,14-15H2,1-3H3,(H,26,30). The zero-order chi connectivity index (χ0) is 22.0. The molecule has 1 amide bonds. The van der Waals surface area contributed by atoms with Gasteiger partial charge in [0, 0.05) is 11.9 Å². The first-order valence-electron chi connectivity index (χ1n) is 10.7. The molecule has 0 bridgehead atoms. The summed E-state index contributed by atoms with van der Waals surface area (Å²) in [5.74, 6) is 0.420. The minimum absolute atomic E-state index is 0.0907. The number of fused-ring (bicyclic) bond motifs is 3. The summed E-state index contributed by atoms with van der Waals surface area (Å²) in [5, 5.41) is 3.88. The Hall–Kier alpha value is -3.41. The smallest absolute Gasteiger partial charge is 0.278 e. The maximum absolute atomic E-state index is 13.5. The van der Waals surface area contributed by atoms with Crippen molar-refractivity contribution in [3.63, 3.8) is 0 Å². The molecule has 4 rings (SSSR count). The third kappa shape index (κ3) is 4.38. The zero-order valence-electron chi connectivity index (χ0n) is 18.3. The molecule has 1 N–H and O–H groups in total. The van der Waals surface area contributed by atoms with Crippen molar-refractivity contribution in [2.24, 2.45) is 5.92 Å². The molecule has 2 aromatic carbocycles. The lowest BCUT2D eigenvalue weighted by atomic mass is 10.1. The molecule has 160 valence electrons. The first-order chi connectivity index (χ1) is 14.9. The molecule has 31 heavy (non-hydrogen) atoms. The van der Waals surface area contributed by atoms with E-state index < -0.39 is 0 Å². The molecule has 0 saturated carbocycles. The maximum Gasteiger partial charge on any atom is 0.278 e. The van der Waals surface area contributed by atoms with Gasteiger partial charge < -0.3 is 9.88 Å². The molecule has 0 fully saturated rings. The van der Waals surface area contributed by atoms with Crippen LogP contribution in [-0.2, 0) is 17.9 Å². The van der Waals surface area contributed by atoms with Crippen LogP contribution in [0.25, 0.3) is 21.9 Å². The topological polar surface area (TPSA) is 68.9 Å². The molecule has 2 aromatic heterocycles. The van der Waals surface area contributed by atoms with Gasteiger partial charge in [0.05, 0.1) is 18.4 Å². The number of rotatable bonds is 7. The van der Waals surface area contributed by atoms with Gasteiger partial charge in [-0.3, -0.25) is 14.2 Å². The van der Waals surface area contributed by atoms with Gasteiger partial charge >= 0.3 is 0 Å². The molecule has 0 aliphatic rings. The molecule has 0 unspecified atom stereocenters. The van der Waals surface area contributed by atoms with Crippen molar-refractivity contribution in [2.75, 3.05) is 6.54 Å². The van der Waals surface area contributed by atoms with E-state index in [2.05, 4.69) is 24.1 Å². The number of nitrogens with one attached hydrogen (secondary N) is 1. The lowest BCUT2D eigenvalue weighted by Gasteiger charge is -2.11. The Morgan fingerprint density at radius 3 is 2.65 bits per heavy atom. The summed E-state index contributed by atoms with van der Waals surface area (Å²) in [5.41, 5.74) is 3.93. The molecule has 2 heterocycles. The van der Waals surface area contributed by atoms with Gasteiger partial charge in [-0.05, 0) is 37.0 Å². The lowest BCUT2D eigenvalue weighted by Crippen LogP contribution is -2.30. The minimum Gasteiger partial charge on any atom is -0.355 e. The van der Waals surface area contributed by atoms with Crippen molar-refractivity contribution in [2.45, 2.75) is 40.3 Å². The molecule has 0 spiro atoms. The van der Waals surface area contributed by atoms with Crippen LogP contribution in [0.3, 0.4) is 0 Å². The first-order valence-corrected chi connectivity index (χ1v) is 10.7. The van der Waals surface area contributed by atoms with Crippen LogP contribution in [0.2, 0.25) is 0 Å². The van der Waals surface area contributed by atoms with Gasteiger partial charge in [-0.15, -0.1) is 0 Å². The molecular weight excluding hydrogens is 388 g/mol. The fourth-order valence-corrected chi connectivity index (χ4v) is 3.87. The maximum atomic E-state index is 13.5. The first kappa shape index (κ1) is 20.8. The van der Waals surface area contributed by atoms with Crippen LogP contribution in [0.4, 0.5) is 0 Å². The number of hydrogen-bond donors (Lipinski definition) is 1. The van der Waals surface area contributed by atoms with E-state index >= 15 is 0 Å². The lowest BCUT2D eigenvalue weighted by molar-refractivity contribution is -0.121. The SMILES string of the molecule is Cc1ccc2c(c1)c1ncn(Cc3ccccc3)c(=O)c1n2CC(=O)NCCC(C)C. The van der Waals surface area contributed by atoms with Crippen molar-refractivity contribution in [1.29, 1.82) is 0 Å². The molecule has 0 saturated heterocycles. The largest absolute Gasteiger partial charge is 0.355 e. The second-order valence-electron chi connectivity index (χ2n) is 8.50.